The summed E-state index contributed by atoms with van der Waals surface area (Å²) < 4.78 is 16.7. The number of furan rings is 1. The van der Waals surface area contributed by atoms with Crippen LogP contribution in [-0.2, 0) is 15.9 Å². The third-order valence-corrected chi connectivity index (χ3v) is 2.90. The monoisotopic (exact) mass is 224 g/mol. The van der Waals surface area contributed by atoms with Crippen molar-refractivity contribution in [3.8, 4) is 0 Å². The van der Waals surface area contributed by atoms with Gasteiger partial charge in [0, 0.05) is 13.0 Å². The first-order valence-corrected chi connectivity index (χ1v) is 6.14. The zero-order valence-corrected chi connectivity index (χ0v) is 9.85. The van der Waals surface area contributed by atoms with Gasteiger partial charge in [-0.15, -0.1) is 0 Å². The molecule has 2 heterocycles. The van der Waals surface area contributed by atoms with E-state index in [2.05, 4.69) is 6.92 Å². The predicted octanol–water partition coefficient (Wildman–Crippen LogP) is 3.14. The lowest BCUT2D eigenvalue weighted by Crippen LogP contribution is -2.26. The predicted molar refractivity (Wildman–Crippen MR) is 61.2 cm³/mol. The fraction of sp³-hybridized carbons (Fsp3) is 0.692. The number of hydrogen-bond donors (Lipinski definition) is 0. The molecule has 0 spiro atoms. The molecule has 16 heavy (non-hydrogen) atoms. The van der Waals surface area contributed by atoms with Crippen LogP contribution in [0.1, 0.15) is 38.4 Å². The van der Waals surface area contributed by atoms with Crippen LogP contribution in [0.5, 0.6) is 0 Å². The van der Waals surface area contributed by atoms with Crippen LogP contribution in [0.4, 0.5) is 0 Å². The van der Waals surface area contributed by atoms with Crippen molar-refractivity contribution in [2.24, 2.45) is 0 Å². The minimum Gasteiger partial charge on any atom is -0.469 e. The molecular formula is C13H20O3. The highest BCUT2D eigenvalue weighted by Crippen LogP contribution is 2.17. The largest absolute Gasteiger partial charge is 0.469 e. The summed E-state index contributed by atoms with van der Waals surface area (Å²) in [7, 11) is 0. The SMILES string of the molecule is CC(CCc1ccco1)OC1CCCCO1. The maximum Gasteiger partial charge on any atom is 0.157 e. The first kappa shape index (κ1) is 11.7. The van der Waals surface area contributed by atoms with Crippen molar-refractivity contribution in [2.45, 2.75) is 51.4 Å². The quantitative estimate of drug-likeness (QED) is 0.770. The second-order valence-corrected chi connectivity index (χ2v) is 4.36. The van der Waals surface area contributed by atoms with E-state index >= 15 is 0 Å². The smallest absolute Gasteiger partial charge is 0.157 e. The Kier molecular flexibility index (Phi) is 4.43. The molecule has 1 aliphatic rings. The lowest BCUT2D eigenvalue weighted by Gasteiger charge is -2.25. The van der Waals surface area contributed by atoms with Gasteiger partial charge in [-0.05, 0) is 44.7 Å². The van der Waals surface area contributed by atoms with Gasteiger partial charge in [0.25, 0.3) is 0 Å². The summed E-state index contributed by atoms with van der Waals surface area (Å²) >= 11 is 0. The molecule has 1 fully saturated rings. The summed E-state index contributed by atoms with van der Waals surface area (Å²) in [5.41, 5.74) is 0. The van der Waals surface area contributed by atoms with E-state index in [1.165, 1.54) is 12.8 Å². The van der Waals surface area contributed by atoms with E-state index in [4.69, 9.17) is 13.9 Å². The summed E-state index contributed by atoms with van der Waals surface area (Å²) in [6.45, 7) is 2.94. The number of aryl methyl sites for hydroxylation is 1. The van der Waals surface area contributed by atoms with Crippen molar-refractivity contribution in [2.75, 3.05) is 6.61 Å². The summed E-state index contributed by atoms with van der Waals surface area (Å²) in [5.74, 6) is 1.03. The maximum atomic E-state index is 5.83. The Hall–Kier alpha value is -0.800. The highest BCUT2D eigenvalue weighted by molar-refractivity contribution is 4.98. The highest BCUT2D eigenvalue weighted by Gasteiger charge is 2.17. The topological polar surface area (TPSA) is 31.6 Å². The number of ether oxygens (including phenoxy) is 2. The second kappa shape index (κ2) is 6.06. The minimum absolute atomic E-state index is 0.0142. The average Bonchev–Trinajstić information content (AvgIpc) is 2.81. The van der Waals surface area contributed by atoms with Gasteiger partial charge in [-0.1, -0.05) is 0 Å². The van der Waals surface area contributed by atoms with Crippen molar-refractivity contribution < 1.29 is 13.9 Å². The van der Waals surface area contributed by atoms with Gasteiger partial charge in [0.15, 0.2) is 6.29 Å². The molecule has 2 unspecified atom stereocenters. The number of hydrogen-bond acceptors (Lipinski definition) is 3. The lowest BCUT2D eigenvalue weighted by molar-refractivity contribution is -0.185. The zero-order valence-electron chi connectivity index (χ0n) is 9.85. The van der Waals surface area contributed by atoms with E-state index in [1.807, 2.05) is 12.1 Å². The van der Waals surface area contributed by atoms with Gasteiger partial charge in [0.2, 0.25) is 0 Å². The van der Waals surface area contributed by atoms with Gasteiger partial charge >= 0.3 is 0 Å². The Balaban J connectivity index is 1.65. The summed E-state index contributed by atoms with van der Waals surface area (Å²) in [4.78, 5) is 0. The molecule has 2 atom stereocenters. The van der Waals surface area contributed by atoms with Crippen molar-refractivity contribution in [3.05, 3.63) is 24.2 Å². The molecule has 0 radical (unpaired) electrons. The molecule has 3 heteroatoms. The van der Waals surface area contributed by atoms with Crippen LogP contribution < -0.4 is 0 Å². The summed E-state index contributed by atoms with van der Waals surface area (Å²) in [6.07, 6.45) is 7.29. The summed E-state index contributed by atoms with van der Waals surface area (Å²) in [5, 5.41) is 0. The zero-order chi connectivity index (χ0) is 11.2. The van der Waals surface area contributed by atoms with Gasteiger partial charge in [-0.25, -0.2) is 0 Å². The Labute approximate surface area is 96.7 Å². The molecule has 1 aliphatic heterocycles. The van der Waals surface area contributed by atoms with Crippen molar-refractivity contribution in [3.63, 3.8) is 0 Å². The Morgan fingerprint density at radius 1 is 1.50 bits per heavy atom. The van der Waals surface area contributed by atoms with E-state index < -0.39 is 0 Å². The van der Waals surface area contributed by atoms with Crippen LogP contribution in [0.15, 0.2) is 22.8 Å². The Bertz CT molecular complexity index is 275. The normalized spacial score (nSPS) is 23.2. The average molecular weight is 224 g/mol. The molecule has 0 aromatic carbocycles. The molecule has 0 amide bonds. The van der Waals surface area contributed by atoms with Gasteiger partial charge in [0.1, 0.15) is 5.76 Å². The molecule has 0 bridgehead atoms. The van der Waals surface area contributed by atoms with E-state index in [1.54, 1.807) is 6.26 Å². The molecule has 0 aliphatic carbocycles. The van der Waals surface area contributed by atoms with Crippen molar-refractivity contribution in [1.29, 1.82) is 0 Å². The van der Waals surface area contributed by atoms with Crippen LogP contribution >= 0.6 is 0 Å². The maximum absolute atomic E-state index is 5.83. The van der Waals surface area contributed by atoms with Gasteiger partial charge in [0.05, 0.1) is 12.4 Å². The molecule has 2 rings (SSSR count). The van der Waals surface area contributed by atoms with E-state index in [9.17, 15) is 0 Å². The van der Waals surface area contributed by atoms with Crippen molar-refractivity contribution in [1.82, 2.24) is 0 Å². The molecule has 1 saturated heterocycles. The van der Waals surface area contributed by atoms with E-state index in [0.29, 0.717) is 0 Å². The third kappa shape index (κ3) is 3.65. The number of rotatable bonds is 5. The highest BCUT2D eigenvalue weighted by atomic mass is 16.7. The molecule has 1 aromatic heterocycles. The summed E-state index contributed by atoms with van der Waals surface area (Å²) in [6, 6.07) is 3.93. The standard InChI is InChI=1S/C13H20O3/c1-11(7-8-12-5-4-10-14-12)16-13-6-2-3-9-15-13/h4-5,10-11,13H,2-3,6-9H2,1H3. The second-order valence-electron chi connectivity index (χ2n) is 4.36. The fourth-order valence-corrected chi connectivity index (χ4v) is 1.95. The van der Waals surface area contributed by atoms with E-state index in [-0.39, 0.29) is 12.4 Å². The minimum atomic E-state index is 0.0142. The van der Waals surface area contributed by atoms with Crippen LogP contribution in [0.3, 0.4) is 0 Å². The van der Waals surface area contributed by atoms with Gasteiger partial charge < -0.3 is 13.9 Å². The first-order valence-electron chi connectivity index (χ1n) is 6.14. The Morgan fingerprint density at radius 3 is 3.12 bits per heavy atom. The van der Waals surface area contributed by atoms with Gasteiger partial charge in [-0.3, -0.25) is 0 Å². The molecular weight excluding hydrogens is 204 g/mol. The molecule has 3 nitrogen and oxygen atoms in total. The molecule has 90 valence electrons. The van der Waals surface area contributed by atoms with Crippen LogP contribution in [-0.4, -0.2) is 19.0 Å². The van der Waals surface area contributed by atoms with E-state index in [0.717, 1.165) is 31.6 Å². The Morgan fingerprint density at radius 2 is 2.44 bits per heavy atom. The fourth-order valence-electron chi connectivity index (χ4n) is 1.95. The van der Waals surface area contributed by atoms with Crippen LogP contribution in [0.25, 0.3) is 0 Å². The molecule has 1 aromatic rings. The van der Waals surface area contributed by atoms with Crippen LogP contribution in [0, 0.1) is 0 Å². The lowest BCUT2D eigenvalue weighted by atomic mass is 10.1. The third-order valence-electron chi connectivity index (χ3n) is 2.90. The molecule has 0 saturated carbocycles. The van der Waals surface area contributed by atoms with Crippen molar-refractivity contribution >= 4 is 0 Å². The van der Waals surface area contributed by atoms with Gasteiger partial charge in [-0.2, -0.15) is 0 Å². The first-order chi connectivity index (χ1) is 7.84. The molecule has 0 N–H and O–H groups in total. The van der Waals surface area contributed by atoms with Crippen LogP contribution in [0.2, 0.25) is 0 Å².